The van der Waals surface area contributed by atoms with Gasteiger partial charge >= 0.3 is 12.1 Å². The summed E-state index contributed by atoms with van der Waals surface area (Å²) in [7, 11) is 0. The fraction of sp³-hybridized carbons (Fsp3) is 0.176. The molecular weight excluding hydrogens is 301 g/mol. The summed E-state index contributed by atoms with van der Waals surface area (Å²) in [6, 6.07) is 14.6. The molecule has 0 spiro atoms. The molecule has 0 aromatic heterocycles. The number of carboxylic acid groups (broad SMARTS) is 1. The van der Waals surface area contributed by atoms with Crippen LogP contribution in [0.2, 0.25) is 0 Å². The SMILES string of the molecule is O=C(O)CN(Cc1ccc(F)cc1)C(=O)OCc1ccccc1. The van der Waals surface area contributed by atoms with Crippen LogP contribution in [0.1, 0.15) is 11.1 Å². The van der Waals surface area contributed by atoms with Crippen molar-refractivity contribution in [3.63, 3.8) is 0 Å². The zero-order valence-corrected chi connectivity index (χ0v) is 12.3. The highest BCUT2D eigenvalue weighted by Crippen LogP contribution is 2.09. The van der Waals surface area contributed by atoms with Crippen molar-refractivity contribution >= 4 is 12.1 Å². The summed E-state index contributed by atoms with van der Waals surface area (Å²) in [4.78, 5) is 24.1. The third kappa shape index (κ3) is 5.43. The van der Waals surface area contributed by atoms with Gasteiger partial charge in [-0.1, -0.05) is 42.5 Å². The summed E-state index contributed by atoms with van der Waals surface area (Å²) in [5.74, 6) is -1.55. The lowest BCUT2D eigenvalue weighted by Gasteiger charge is -2.20. The van der Waals surface area contributed by atoms with Gasteiger partial charge < -0.3 is 9.84 Å². The molecule has 1 N–H and O–H groups in total. The van der Waals surface area contributed by atoms with Crippen LogP contribution in [0.4, 0.5) is 9.18 Å². The summed E-state index contributed by atoms with van der Waals surface area (Å²) >= 11 is 0. The van der Waals surface area contributed by atoms with Gasteiger partial charge in [-0.15, -0.1) is 0 Å². The average Bonchev–Trinajstić information content (AvgIpc) is 2.54. The first-order valence-corrected chi connectivity index (χ1v) is 6.96. The Hall–Kier alpha value is -2.89. The molecule has 0 bridgehead atoms. The summed E-state index contributed by atoms with van der Waals surface area (Å²) in [5.41, 5.74) is 1.42. The lowest BCUT2D eigenvalue weighted by molar-refractivity contribution is -0.138. The molecule has 23 heavy (non-hydrogen) atoms. The molecule has 0 aliphatic rings. The Labute approximate surface area is 132 Å². The number of ether oxygens (including phenoxy) is 1. The third-order valence-electron chi connectivity index (χ3n) is 3.08. The normalized spacial score (nSPS) is 10.1. The second-order valence-electron chi connectivity index (χ2n) is 4.92. The maximum atomic E-state index is 12.9. The van der Waals surface area contributed by atoms with Gasteiger partial charge in [0.15, 0.2) is 0 Å². The van der Waals surface area contributed by atoms with Crippen LogP contribution in [0.3, 0.4) is 0 Å². The van der Waals surface area contributed by atoms with Crippen molar-refractivity contribution < 1.29 is 23.8 Å². The minimum absolute atomic E-state index is 0.0280. The predicted molar refractivity (Wildman–Crippen MR) is 81.1 cm³/mol. The molecule has 0 heterocycles. The number of nitrogens with zero attached hydrogens (tertiary/aromatic N) is 1. The van der Waals surface area contributed by atoms with E-state index in [4.69, 9.17) is 9.84 Å². The number of benzene rings is 2. The molecule has 0 unspecified atom stereocenters. The Balaban J connectivity index is 2.00. The Morgan fingerprint density at radius 2 is 1.65 bits per heavy atom. The van der Waals surface area contributed by atoms with Gasteiger partial charge in [0, 0.05) is 6.54 Å². The van der Waals surface area contributed by atoms with Gasteiger partial charge in [0.2, 0.25) is 0 Å². The molecule has 120 valence electrons. The molecule has 0 aliphatic carbocycles. The highest BCUT2D eigenvalue weighted by Gasteiger charge is 2.18. The van der Waals surface area contributed by atoms with Crippen molar-refractivity contribution in [3.8, 4) is 0 Å². The fourth-order valence-corrected chi connectivity index (χ4v) is 1.97. The van der Waals surface area contributed by atoms with Crippen LogP contribution in [0.25, 0.3) is 0 Å². The summed E-state index contributed by atoms with van der Waals surface area (Å²) < 4.78 is 18.0. The number of aliphatic carboxylic acids is 1. The average molecular weight is 317 g/mol. The molecule has 0 saturated heterocycles. The van der Waals surface area contributed by atoms with Crippen LogP contribution in [-0.2, 0) is 22.7 Å². The van der Waals surface area contributed by atoms with Crippen molar-refractivity contribution in [1.82, 2.24) is 4.90 Å². The number of rotatable bonds is 6. The van der Waals surface area contributed by atoms with Gasteiger partial charge in [-0.3, -0.25) is 9.69 Å². The number of carbonyl (C=O) groups is 2. The van der Waals surface area contributed by atoms with E-state index in [0.717, 1.165) is 10.5 Å². The number of hydrogen-bond acceptors (Lipinski definition) is 3. The maximum Gasteiger partial charge on any atom is 0.410 e. The van der Waals surface area contributed by atoms with Crippen molar-refractivity contribution in [2.45, 2.75) is 13.2 Å². The molecule has 6 heteroatoms. The first-order valence-electron chi connectivity index (χ1n) is 6.96. The minimum atomic E-state index is -1.15. The molecule has 0 radical (unpaired) electrons. The van der Waals surface area contributed by atoms with Crippen molar-refractivity contribution in [1.29, 1.82) is 0 Å². The number of halogens is 1. The van der Waals surface area contributed by atoms with Gasteiger partial charge in [0.1, 0.15) is 19.0 Å². The second kappa shape index (κ2) is 7.93. The molecule has 0 saturated carbocycles. The molecule has 2 aromatic carbocycles. The van der Waals surface area contributed by atoms with E-state index in [0.29, 0.717) is 5.56 Å². The lowest BCUT2D eigenvalue weighted by atomic mass is 10.2. The Morgan fingerprint density at radius 3 is 2.26 bits per heavy atom. The topological polar surface area (TPSA) is 66.8 Å². The van der Waals surface area contributed by atoms with E-state index < -0.39 is 24.4 Å². The van der Waals surface area contributed by atoms with Crippen molar-refractivity contribution in [2.24, 2.45) is 0 Å². The quantitative estimate of drug-likeness (QED) is 0.889. The van der Waals surface area contributed by atoms with Gasteiger partial charge in [-0.25, -0.2) is 9.18 Å². The Morgan fingerprint density at radius 1 is 1.00 bits per heavy atom. The van der Waals surface area contributed by atoms with Crippen LogP contribution in [-0.4, -0.2) is 28.6 Å². The number of carboxylic acids is 1. The van der Waals surface area contributed by atoms with Crippen LogP contribution in [0, 0.1) is 5.82 Å². The number of amides is 1. The molecule has 0 atom stereocenters. The molecule has 1 amide bonds. The molecule has 2 rings (SSSR count). The standard InChI is InChI=1S/C17H16FNO4/c18-15-8-6-13(7-9-15)10-19(11-16(20)21)17(22)23-12-14-4-2-1-3-5-14/h1-9H,10-12H2,(H,20,21). The van der Waals surface area contributed by atoms with Crippen LogP contribution < -0.4 is 0 Å². The van der Waals surface area contributed by atoms with Crippen LogP contribution in [0.15, 0.2) is 54.6 Å². The van der Waals surface area contributed by atoms with Crippen LogP contribution in [0.5, 0.6) is 0 Å². The van der Waals surface area contributed by atoms with Crippen molar-refractivity contribution in [2.75, 3.05) is 6.54 Å². The van der Waals surface area contributed by atoms with Crippen molar-refractivity contribution in [3.05, 3.63) is 71.5 Å². The van der Waals surface area contributed by atoms with Gasteiger partial charge in [0.25, 0.3) is 0 Å². The summed E-state index contributed by atoms with van der Waals surface area (Å²) in [6.45, 7) is -0.412. The number of hydrogen-bond donors (Lipinski definition) is 1. The molecule has 2 aromatic rings. The molecule has 5 nitrogen and oxygen atoms in total. The van der Waals surface area contributed by atoms with E-state index in [1.807, 2.05) is 18.2 Å². The number of carbonyl (C=O) groups excluding carboxylic acids is 1. The first kappa shape index (κ1) is 16.5. The minimum Gasteiger partial charge on any atom is -0.480 e. The first-order chi connectivity index (χ1) is 11.0. The third-order valence-corrected chi connectivity index (χ3v) is 3.08. The van der Waals surface area contributed by atoms with Gasteiger partial charge in [-0.2, -0.15) is 0 Å². The van der Waals surface area contributed by atoms with E-state index in [1.54, 1.807) is 12.1 Å². The smallest absolute Gasteiger partial charge is 0.410 e. The Kier molecular flexibility index (Phi) is 5.68. The van der Waals surface area contributed by atoms with Crippen LogP contribution >= 0.6 is 0 Å². The van der Waals surface area contributed by atoms with E-state index >= 15 is 0 Å². The zero-order chi connectivity index (χ0) is 16.7. The zero-order valence-electron chi connectivity index (χ0n) is 12.3. The lowest BCUT2D eigenvalue weighted by Crippen LogP contribution is -2.35. The highest BCUT2D eigenvalue weighted by molar-refractivity contribution is 5.76. The predicted octanol–water partition coefficient (Wildman–Crippen LogP) is 3.05. The van der Waals surface area contributed by atoms with E-state index in [1.165, 1.54) is 24.3 Å². The molecular formula is C17H16FNO4. The monoisotopic (exact) mass is 317 g/mol. The highest BCUT2D eigenvalue weighted by atomic mass is 19.1. The fourth-order valence-electron chi connectivity index (χ4n) is 1.97. The summed E-state index contributed by atoms with van der Waals surface area (Å²) in [6.07, 6.45) is -0.736. The van der Waals surface area contributed by atoms with E-state index in [2.05, 4.69) is 0 Å². The molecule has 0 aliphatic heterocycles. The second-order valence-corrected chi connectivity index (χ2v) is 4.92. The van der Waals surface area contributed by atoms with Gasteiger partial charge in [0.05, 0.1) is 0 Å². The molecule has 0 fully saturated rings. The summed E-state index contributed by atoms with van der Waals surface area (Å²) in [5, 5.41) is 8.93. The largest absolute Gasteiger partial charge is 0.480 e. The van der Waals surface area contributed by atoms with E-state index in [9.17, 15) is 14.0 Å². The van der Waals surface area contributed by atoms with Gasteiger partial charge in [-0.05, 0) is 23.3 Å². The van der Waals surface area contributed by atoms with E-state index in [-0.39, 0.29) is 13.2 Å². The maximum absolute atomic E-state index is 12.9. The Bertz CT molecular complexity index is 658.